The summed E-state index contributed by atoms with van der Waals surface area (Å²) < 4.78 is 0. The third-order valence-electron chi connectivity index (χ3n) is 2.34. The van der Waals surface area contributed by atoms with E-state index >= 15 is 0 Å². The van der Waals surface area contributed by atoms with Crippen LogP contribution in [-0.2, 0) is 0 Å². The molecule has 14 heavy (non-hydrogen) atoms. The second kappa shape index (κ2) is 6.10. The Labute approximate surface area is 91.3 Å². The topological polar surface area (TPSA) is 12.0 Å². The first-order valence-electron chi connectivity index (χ1n) is 5.13. The van der Waals surface area contributed by atoms with E-state index in [1.54, 1.807) is 0 Å². The van der Waals surface area contributed by atoms with Gasteiger partial charge in [-0.3, -0.25) is 0 Å². The van der Waals surface area contributed by atoms with E-state index in [1.807, 2.05) is 18.8 Å². The number of rotatable bonds is 5. The molecule has 1 atom stereocenters. The van der Waals surface area contributed by atoms with Gasteiger partial charge in [-0.15, -0.1) is 11.8 Å². The third-order valence-corrected chi connectivity index (χ3v) is 3.50. The molecule has 0 aliphatic rings. The fourth-order valence-corrected chi connectivity index (χ4v) is 2.55. The molecule has 1 rings (SSSR count). The number of aryl methyl sites for hydroxylation is 1. The van der Waals surface area contributed by atoms with Crippen molar-refractivity contribution in [1.82, 2.24) is 5.32 Å². The number of nitrogens with one attached hydrogen (secondary N) is 1. The first-order chi connectivity index (χ1) is 6.76. The minimum Gasteiger partial charge on any atom is -0.316 e. The third kappa shape index (κ3) is 3.72. The first-order valence-corrected chi connectivity index (χ1v) is 6.11. The fraction of sp³-hybridized carbons (Fsp3) is 0.500. The van der Waals surface area contributed by atoms with Gasteiger partial charge in [-0.25, -0.2) is 0 Å². The van der Waals surface area contributed by atoms with Crippen molar-refractivity contribution >= 4 is 11.8 Å². The Morgan fingerprint density at radius 1 is 1.43 bits per heavy atom. The molecule has 0 bridgehead atoms. The van der Waals surface area contributed by atoms with Crippen LogP contribution < -0.4 is 5.32 Å². The Morgan fingerprint density at radius 3 is 2.79 bits per heavy atom. The molecule has 0 aliphatic heterocycles. The van der Waals surface area contributed by atoms with Gasteiger partial charge in [0.1, 0.15) is 0 Å². The van der Waals surface area contributed by atoms with E-state index in [0.717, 1.165) is 5.75 Å². The maximum atomic E-state index is 3.32. The van der Waals surface area contributed by atoms with E-state index in [2.05, 4.69) is 43.4 Å². The normalized spacial score (nSPS) is 12.8. The quantitative estimate of drug-likeness (QED) is 0.748. The molecule has 0 aliphatic carbocycles. The summed E-state index contributed by atoms with van der Waals surface area (Å²) in [5.74, 6) is 1.15. The Bertz CT molecular complexity index is 269. The number of thioether (sulfide) groups is 1. The van der Waals surface area contributed by atoms with Crippen LogP contribution in [0.3, 0.4) is 0 Å². The maximum absolute atomic E-state index is 3.32. The molecule has 0 saturated heterocycles. The monoisotopic (exact) mass is 209 g/mol. The predicted molar refractivity (Wildman–Crippen MR) is 65.0 cm³/mol. The second-order valence-corrected chi connectivity index (χ2v) is 4.61. The van der Waals surface area contributed by atoms with Gasteiger partial charge in [-0.2, -0.15) is 0 Å². The van der Waals surface area contributed by atoms with Gasteiger partial charge in [0.05, 0.1) is 0 Å². The number of hydrogen-bond acceptors (Lipinski definition) is 2. The summed E-state index contributed by atoms with van der Waals surface area (Å²) in [6.07, 6.45) is 1.19. The molecule has 0 fully saturated rings. The molecule has 1 nitrogen and oxygen atoms in total. The average molecular weight is 209 g/mol. The molecule has 0 spiro atoms. The van der Waals surface area contributed by atoms with Crippen molar-refractivity contribution in [2.24, 2.45) is 0 Å². The Balaban J connectivity index is 2.44. The smallest absolute Gasteiger partial charge is 0.0156 e. The lowest BCUT2D eigenvalue weighted by atomic mass is 10.2. The fourth-order valence-electron chi connectivity index (χ4n) is 1.31. The van der Waals surface area contributed by atoms with Crippen LogP contribution in [0.15, 0.2) is 29.2 Å². The van der Waals surface area contributed by atoms with Gasteiger partial charge in [0.25, 0.3) is 0 Å². The van der Waals surface area contributed by atoms with Gasteiger partial charge < -0.3 is 5.32 Å². The largest absolute Gasteiger partial charge is 0.316 e. The van der Waals surface area contributed by atoms with E-state index in [4.69, 9.17) is 0 Å². The summed E-state index contributed by atoms with van der Waals surface area (Å²) in [5, 5.41) is 3.32. The van der Waals surface area contributed by atoms with Gasteiger partial charge in [0.15, 0.2) is 0 Å². The van der Waals surface area contributed by atoms with E-state index in [1.165, 1.54) is 16.9 Å². The lowest BCUT2D eigenvalue weighted by Gasteiger charge is -2.12. The van der Waals surface area contributed by atoms with Crippen molar-refractivity contribution in [1.29, 1.82) is 0 Å². The standard InChI is InChI=1S/C12H19NS/c1-4-11(13-3)9-14-12-7-5-6-10(2)8-12/h5-8,11,13H,4,9H2,1-3H3. The Kier molecular flexibility index (Phi) is 5.05. The summed E-state index contributed by atoms with van der Waals surface area (Å²) in [5.41, 5.74) is 1.34. The summed E-state index contributed by atoms with van der Waals surface area (Å²) in [6.45, 7) is 4.36. The Morgan fingerprint density at radius 2 is 2.21 bits per heavy atom. The molecule has 1 unspecified atom stereocenters. The molecular weight excluding hydrogens is 190 g/mol. The SMILES string of the molecule is CCC(CSc1cccc(C)c1)NC. The number of hydrogen-bond donors (Lipinski definition) is 1. The van der Waals surface area contributed by atoms with E-state index in [0.29, 0.717) is 6.04 Å². The van der Waals surface area contributed by atoms with Crippen LogP contribution in [0.5, 0.6) is 0 Å². The van der Waals surface area contributed by atoms with Gasteiger partial charge in [-0.1, -0.05) is 24.6 Å². The van der Waals surface area contributed by atoms with Gasteiger partial charge in [0, 0.05) is 16.7 Å². The molecule has 1 aromatic carbocycles. The van der Waals surface area contributed by atoms with E-state index in [9.17, 15) is 0 Å². The van der Waals surface area contributed by atoms with Crippen LogP contribution in [-0.4, -0.2) is 18.8 Å². The molecular formula is C12H19NS. The summed E-state index contributed by atoms with van der Waals surface area (Å²) in [7, 11) is 2.03. The number of benzene rings is 1. The van der Waals surface area contributed by atoms with Crippen LogP contribution in [0.1, 0.15) is 18.9 Å². The minimum absolute atomic E-state index is 0.625. The average Bonchev–Trinajstić information content (AvgIpc) is 2.19. The van der Waals surface area contributed by atoms with Crippen molar-refractivity contribution in [2.75, 3.05) is 12.8 Å². The molecule has 0 heterocycles. The van der Waals surface area contributed by atoms with Crippen LogP contribution in [0, 0.1) is 6.92 Å². The Hall–Kier alpha value is -0.470. The maximum Gasteiger partial charge on any atom is 0.0156 e. The van der Waals surface area contributed by atoms with Crippen molar-refractivity contribution in [3.05, 3.63) is 29.8 Å². The van der Waals surface area contributed by atoms with Crippen molar-refractivity contribution in [2.45, 2.75) is 31.2 Å². The zero-order valence-corrected chi connectivity index (χ0v) is 10.0. The molecule has 78 valence electrons. The van der Waals surface area contributed by atoms with Crippen LogP contribution in [0.2, 0.25) is 0 Å². The van der Waals surface area contributed by atoms with Gasteiger partial charge in [0.2, 0.25) is 0 Å². The lowest BCUT2D eigenvalue weighted by Crippen LogP contribution is -2.26. The highest BCUT2D eigenvalue weighted by molar-refractivity contribution is 7.99. The molecule has 1 N–H and O–H groups in total. The predicted octanol–water partition coefficient (Wildman–Crippen LogP) is 3.09. The van der Waals surface area contributed by atoms with E-state index in [-0.39, 0.29) is 0 Å². The van der Waals surface area contributed by atoms with Gasteiger partial charge >= 0.3 is 0 Å². The highest BCUT2D eigenvalue weighted by Crippen LogP contribution is 2.20. The van der Waals surface area contributed by atoms with Crippen molar-refractivity contribution < 1.29 is 0 Å². The highest BCUT2D eigenvalue weighted by atomic mass is 32.2. The molecule has 2 heteroatoms. The molecule has 0 radical (unpaired) electrons. The molecule has 0 amide bonds. The van der Waals surface area contributed by atoms with Crippen LogP contribution in [0.25, 0.3) is 0 Å². The van der Waals surface area contributed by atoms with Crippen molar-refractivity contribution in [3.63, 3.8) is 0 Å². The van der Waals surface area contributed by atoms with Crippen LogP contribution >= 0.6 is 11.8 Å². The zero-order chi connectivity index (χ0) is 10.4. The van der Waals surface area contributed by atoms with Crippen LogP contribution in [0.4, 0.5) is 0 Å². The molecule has 0 aromatic heterocycles. The van der Waals surface area contributed by atoms with E-state index < -0.39 is 0 Å². The van der Waals surface area contributed by atoms with Gasteiger partial charge in [-0.05, 0) is 32.5 Å². The molecule has 0 saturated carbocycles. The lowest BCUT2D eigenvalue weighted by molar-refractivity contribution is 0.602. The van der Waals surface area contributed by atoms with Crippen molar-refractivity contribution in [3.8, 4) is 0 Å². The summed E-state index contributed by atoms with van der Waals surface area (Å²) in [4.78, 5) is 1.37. The first kappa shape index (κ1) is 11.6. The molecule has 1 aromatic rings. The highest BCUT2D eigenvalue weighted by Gasteiger charge is 2.03. The summed E-state index contributed by atoms with van der Waals surface area (Å²) in [6, 6.07) is 9.31. The summed E-state index contributed by atoms with van der Waals surface area (Å²) >= 11 is 1.93. The minimum atomic E-state index is 0.625. The zero-order valence-electron chi connectivity index (χ0n) is 9.21. The second-order valence-electron chi connectivity index (χ2n) is 3.52.